The molecule has 1 radical (unpaired) electrons. The van der Waals surface area contributed by atoms with Gasteiger partial charge in [0, 0.05) is 16.2 Å². The average Bonchev–Trinajstić information content (AvgIpc) is 1.97. The Morgan fingerprint density at radius 1 is 1.55 bits per heavy atom. The Bertz CT molecular complexity index is 232. The van der Waals surface area contributed by atoms with Gasteiger partial charge >= 0.3 is 0 Å². The quantitative estimate of drug-likeness (QED) is 0.777. The highest BCUT2D eigenvalue weighted by Crippen LogP contribution is 2.23. The highest BCUT2D eigenvalue weighted by atomic mass is 79.9. The molecule has 0 aliphatic carbocycles. The zero-order chi connectivity index (χ0) is 8.27. The van der Waals surface area contributed by atoms with Crippen molar-refractivity contribution in [3.05, 3.63) is 34.0 Å². The van der Waals surface area contributed by atoms with E-state index in [0.717, 1.165) is 14.6 Å². The van der Waals surface area contributed by atoms with Crippen LogP contribution < -0.4 is 0 Å². The van der Waals surface area contributed by atoms with Gasteiger partial charge in [0.05, 0.1) is 13.7 Å². The van der Waals surface area contributed by atoms with Crippen molar-refractivity contribution in [1.29, 1.82) is 0 Å². The van der Waals surface area contributed by atoms with Crippen molar-refractivity contribution in [2.75, 3.05) is 0 Å². The lowest BCUT2D eigenvalue weighted by molar-refractivity contribution is 0.227. The van der Waals surface area contributed by atoms with Gasteiger partial charge in [0.15, 0.2) is 0 Å². The number of halogens is 2. The molecule has 1 rings (SSSR count). The molecular formula is C7H6Br2NO. The van der Waals surface area contributed by atoms with Gasteiger partial charge in [-0.05, 0) is 22.0 Å². The largest absolute Gasteiger partial charge is 0.374 e. The van der Waals surface area contributed by atoms with Gasteiger partial charge in [-0.2, -0.15) is 0 Å². The molecule has 2 nitrogen and oxygen atoms in total. The van der Waals surface area contributed by atoms with Gasteiger partial charge in [-0.25, -0.2) is 4.98 Å². The van der Waals surface area contributed by atoms with Crippen molar-refractivity contribution >= 4 is 31.9 Å². The summed E-state index contributed by atoms with van der Waals surface area (Å²) in [6, 6.07) is 1.86. The van der Waals surface area contributed by atoms with Crippen molar-refractivity contribution in [3.63, 3.8) is 0 Å². The monoisotopic (exact) mass is 278 g/mol. The molecule has 0 aliphatic heterocycles. The van der Waals surface area contributed by atoms with Crippen molar-refractivity contribution in [3.8, 4) is 0 Å². The third kappa shape index (κ3) is 2.25. The Morgan fingerprint density at radius 2 is 2.27 bits per heavy atom. The molecule has 1 aromatic rings. The molecule has 0 fully saturated rings. The van der Waals surface area contributed by atoms with E-state index in [0.29, 0.717) is 6.61 Å². The van der Waals surface area contributed by atoms with Gasteiger partial charge in [-0.3, -0.25) is 0 Å². The van der Waals surface area contributed by atoms with Crippen LogP contribution in [0.5, 0.6) is 0 Å². The standard InChI is InChI=1S/C7H6Br2NO/c1-11-4-5-6(8)2-3-10-7(5)9/h2-3H,1,4H2. The van der Waals surface area contributed by atoms with Crippen LogP contribution >= 0.6 is 31.9 Å². The Labute approximate surface area is 82.2 Å². The molecule has 0 amide bonds. The first-order valence-corrected chi connectivity index (χ1v) is 4.50. The second-order valence-corrected chi connectivity index (χ2v) is 3.52. The normalized spacial score (nSPS) is 10.1. The number of nitrogens with zero attached hydrogens (tertiary/aromatic N) is 1. The van der Waals surface area contributed by atoms with E-state index in [-0.39, 0.29) is 0 Å². The molecular weight excluding hydrogens is 274 g/mol. The summed E-state index contributed by atoms with van der Waals surface area (Å²) in [5.74, 6) is 0. The van der Waals surface area contributed by atoms with Crippen molar-refractivity contribution in [1.82, 2.24) is 4.98 Å². The Kier molecular flexibility index (Phi) is 3.48. The van der Waals surface area contributed by atoms with Crippen molar-refractivity contribution < 1.29 is 4.74 Å². The molecule has 0 saturated carbocycles. The zero-order valence-corrected chi connectivity index (χ0v) is 8.85. The fourth-order valence-electron chi connectivity index (χ4n) is 0.676. The van der Waals surface area contributed by atoms with Gasteiger partial charge < -0.3 is 4.74 Å². The molecule has 0 saturated heterocycles. The lowest BCUT2D eigenvalue weighted by Gasteiger charge is -2.03. The number of hydrogen-bond acceptors (Lipinski definition) is 2. The number of rotatable bonds is 2. The predicted molar refractivity (Wildman–Crippen MR) is 49.8 cm³/mol. The highest BCUT2D eigenvalue weighted by Gasteiger charge is 2.03. The summed E-state index contributed by atoms with van der Waals surface area (Å²) >= 11 is 6.67. The third-order valence-corrected chi connectivity index (χ3v) is 2.62. The third-order valence-electron chi connectivity index (χ3n) is 1.19. The molecule has 0 aliphatic rings. The minimum Gasteiger partial charge on any atom is -0.374 e. The van der Waals surface area contributed by atoms with E-state index in [1.54, 1.807) is 6.20 Å². The average molecular weight is 280 g/mol. The molecule has 11 heavy (non-hydrogen) atoms. The van der Waals surface area contributed by atoms with E-state index < -0.39 is 0 Å². The minimum absolute atomic E-state index is 0.453. The summed E-state index contributed by atoms with van der Waals surface area (Å²) in [5.41, 5.74) is 0.975. The molecule has 4 heteroatoms. The van der Waals surface area contributed by atoms with Gasteiger partial charge in [0.25, 0.3) is 0 Å². The van der Waals surface area contributed by atoms with E-state index in [9.17, 15) is 0 Å². The first-order valence-electron chi connectivity index (χ1n) is 2.91. The van der Waals surface area contributed by atoms with Crippen LogP contribution in [-0.2, 0) is 11.3 Å². The van der Waals surface area contributed by atoms with E-state index in [1.165, 1.54) is 0 Å². The van der Waals surface area contributed by atoms with Gasteiger partial charge in [-0.15, -0.1) is 0 Å². The van der Waals surface area contributed by atoms with Gasteiger partial charge in [0.2, 0.25) is 0 Å². The summed E-state index contributed by atoms with van der Waals surface area (Å²) in [5, 5.41) is 0. The van der Waals surface area contributed by atoms with Crippen molar-refractivity contribution in [2.45, 2.75) is 6.61 Å². The van der Waals surface area contributed by atoms with E-state index >= 15 is 0 Å². The van der Waals surface area contributed by atoms with Crippen LogP contribution in [0, 0.1) is 7.11 Å². The maximum Gasteiger partial charge on any atom is 0.112 e. The molecule has 0 unspecified atom stereocenters. The zero-order valence-electron chi connectivity index (χ0n) is 5.68. The molecule has 0 bridgehead atoms. The SMILES string of the molecule is [CH2]OCc1c(Br)ccnc1Br. The fourth-order valence-corrected chi connectivity index (χ4v) is 1.81. The number of pyridine rings is 1. The van der Waals surface area contributed by atoms with Gasteiger partial charge in [-0.1, -0.05) is 15.9 Å². The van der Waals surface area contributed by atoms with Crippen LogP contribution in [0.1, 0.15) is 5.56 Å². The first-order chi connectivity index (χ1) is 5.25. The summed E-state index contributed by atoms with van der Waals surface area (Å²) in [6.45, 7) is 0.453. The first kappa shape index (κ1) is 9.16. The Hall–Kier alpha value is 0.0700. The van der Waals surface area contributed by atoms with Crippen LogP contribution in [0.15, 0.2) is 21.3 Å². The van der Waals surface area contributed by atoms with Gasteiger partial charge in [0.1, 0.15) is 4.60 Å². The second-order valence-electron chi connectivity index (χ2n) is 1.91. The molecule has 59 valence electrons. The lowest BCUT2D eigenvalue weighted by Crippen LogP contribution is -1.91. The summed E-state index contributed by atoms with van der Waals surface area (Å²) in [4.78, 5) is 4.04. The van der Waals surface area contributed by atoms with Crippen LogP contribution in [-0.4, -0.2) is 4.98 Å². The van der Waals surface area contributed by atoms with Crippen LogP contribution in [0.2, 0.25) is 0 Å². The van der Waals surface area contributed by atoms with Crippen LogP contribution in [0.25, 0.3) is 0 Å². The maximum absolute atomic E-state index is 4.74. The van der Waals surface area contributed by atoms with Crippen LogP contribution in [0.3, 0.4) is 0 Å². The Balaban J connectivity index is 3.00. The molecule has 0 N–H and O–H groups in total. The second kappa shape index (κ2) is 4.18. The molecule has 0 aromatic carbocycles. The van der Waals surface area contributed by atoms with E-state index in [4.69, 9.17) is 4.74 Å². The maximum atomic E-state index is 4.74. The number of hydrogen-bond donors (Lipinski definition) is 0. The predicted octanol–water partition coefficient (Wildman–Crippen LogP) is 2.91. The highest BCUT2D eigenvalue weighted by molar-refractivity contribution is 9.11. The topological polar surface area (TPSA) is 22.1 Å². The van der Waals surface area contributed by atoms with Crippen molar-refractivity contribution in [2.24, 2.45) is 0 Å². The van der Waals surface area contributed by atoms with Crippen LogP contribution in [0.4, 0.5) is 0 Å². The molecule has 0 spiro atoms. The minimum atomic E-state index is 0.453. The molecule has 1 heterocycles. The number of aromatic nitrogens is 1. The summed E-state index contributed by atoms with van der Waals surface area (Å²) in [6.07, 6.45) is 1.71. The smallest absolute Gasteiger partial charge is 0.112 e. The Morgan fingerprint density at radius 3 is 2.82 bits per heavy atom. The van der Waals surface area contributed by atoms with E-state index in [1.807, 2.05) is 6.07 Å². The number of ether oxygens (including phenoxy) is 1. The lowest BCUT2D eigenvalue weighted by atomic mass is 10.3. The van der Waals surface area contributed by atoms with E-state index in [2.05, 4.69) is 44.0 Å². The summed E-state index contributed by atoms with van der Waals surface area (Å²) in [7, 11) is 3.29. The molecule has 1 aromatic heterocycles. The fraction of sp³-hybridized carbons (Fsp3) is 0.143. The molecule has 0 atom stereocenters. The summed E-state index contributed by atoms with van der Waals surface area (Å²) < 4.78 is 6.50.